The third-order valence-electron chi connectivity index (χ3n) is 2.37. The lowest BCUT2D eigenvalue weighted by molar-refractivity contribution is 0.0951. The number of nitrogens with zero attached hydrogens (tertiary/aromatic N) is 1. The first-order valence-corrected chi connectivity index (χ1v) is 5.78. The van der Waals surface area contributed by atoms with Gasteiger partial charge in [-0.15, -0.1) is 0 Å². The highest BCUT2D eigenvalue weighted by Crippen LogP contribution is 2.12. The third kappa shape index (κ3) is 3.21. The van der Waals surface area contributed by atoms with Gasteiger partial charge in [0, 0.05) is 12.1 Å². The number of benzene rings is 1. The molecule has 0 fully saturated rings. The number of pyridine rings is 1. The maximum Gasteiger partial charge on any atom is 0.251 e. The SMILES string of the molecule is Nc1cc(C(=O)NCc2ccccc2)cc(Cl)n1. The van der Waals surface area contributed by atoms with Crippen LogP contribution in [0.4, 0.5) is 5.82 Å². The lowest BCUT2D eigenvalue weighted by Gasteiger charge is -2.06. The maximum atomic E-state index is 11.9. The number of hydrogen-bond donors (Lipinski definition) is 2. The van der Waals surface area contributed by atoms with Gasteiger partial charge in [0.15, 0.2) is 0 Å². The number of carbonyl (C=O) groups is 1. The summed E-state index contributed by atoms with van der Waals surface area (Å²) in [4.78, 5) is 15.7. The Morgan fingerprint density at radius 2 is 2.00 bits per heavy atom. The Kier molecular flexibility index (Phi) is 3.79. The molecule has 5 heteroatoms. The van der Waals surface area contributed by atoms with Gasteiger partial charge in [0.05, 0.1) is 0 Å². The summed E-state index contributed by atoms with van der Waals surface area (Å²) in [7, 11) is 0. The van der Waals surface area contributed by atoms with Crippen LogP contribution in [-0.2, 0) is 6.54 Å². The van der Waals surface area contributed by atoms with Gasteiger partial charge >= 0.3 is 0 Å². The Hall–Kier alpha value is -2.07. The van der Waals surface area contributed by atoms with Crippen LogP contribution in [0.1, 0.15) is 15.9 Å². The van der Waals surface area contributed by atoms with E-state index in [1.807, 2.05) is 30.3 Å². The van der Waals surface area contributed by atoms with Gasteiger partial charge in [-0.25, -0.2) is 4.98 Å². The number of rotatable bonds is 3. The molecule has 1 aromatic carbocycles. The molecule has 0 bridgehead atoms. The summed E-state index contributed by atoms with van der Waals surface area (Å²) in [6.07, 6.45) is 0. The Morgan fingerprint density at radius 3 is 2.67 bits per heavy atom. The molecule has 0 radical (unpaired) electrons. The van der Waals surface area contributed by atoms with Gasteiger partial charge in [0.25, 0.3) is 5.91 Å². The standard InChI is InChI=1S/C13H12ClN3O/c14-11-6-10(7-12(15)17-11)13(18)16-8-9-4-2-1-3-5-9/h1-7H,8H2,(H2,15,17)(H,16,18). The van der Waals surface area contributed by atoms with Crippen molar-refractivity contribution in [2.45, 2.75) is 6.54 Å². The normalized spacial score (nSPS) is 10.1. The van der Waals surface area contributed by atoms with Crippen LogP contribution >= 0.6 is 11.6 Å². The van der Waals surface area contributed by atoms with Crippen molar-refractivity contribution in [1.82, 2.24) is 10.3 Å². The summed E-state index contributed by atoms with van der Waals surface area (Å²) < 4.78 is 0. The summed E-state index contributed by atoms with van der Waals surface area (Å²) in [5.41, 5.74) is 6.96. The number of aromatic nitrogens is 1. The van der Waals surface area contributed by atoms with E-state index in [0.717, 1.165) is 5.56 Å². The zero-order valence-corrected chi connectivity index (χ0v) is 10.3. The Labute approximate surface area is 110 Å². The molecule has 1 amide bonds. The number of hydrogen-bond acceptors (Lipinski definition) is 3. The summed E-state index contributed by atoms with van der Waals surface area (Å²) in [6.45, 7) is 0.458. The average molecular weight is 262 g/mol. The molecule has 2 aromatic rings. The summed E-state index contributed by atoms with van der Waals surface area (Å²) in [6, 6.07) is 12.6. The van der Waals surface area contributed by atoms with E-state index >= 15 is 0 Å². The first-order chi connectivity index (χ1) is 8.65. The first-order valence-electron chi connectivity index (χ1n) is 5.40. The van der Waals surface area contributed by atoms with Crippen molar-refractivity contribution in [2.75, 3.05) is 5.73 Å². The molecule has 0 atom stereocenters. The average Bonchev–Trinajstić information content (AvgIpc) is 2.36. The number of carbonyl (C=O) groups excluding carboxylic acids is 1. The van der Waals surface area contributed by atoms with E-state index in [-0.39, 0.29) is 16.9 Å². The molecule has 3 N–H and O–H groups in total. The number of halogens is 1. The lowest BCUT2D eigenvalue weighted by atomic mass is 10.2. The zero-order chi connectivity index (χ0) is 13.0. The molecule has 0 saturated heterocycles. The second-order valence-electron chi connectivity index (χ2n) is 3.77. The Bertz CT molecular complexity index is 537. The van der Waals surface area contributed by atoms with Crippen LogP contribution in [0.3, 0.4) is 0 Å². The van der Waals surface area contributed by atoms with Crippen molar-refractivity contribution in [3.05, 3.63) is 58.7 Å². The third-order valence-corrected chi connectivity index (χ3v) is 2.57. The van der Waals surface area contributed by atoms with Crippen molar-refractivity contribution >= 4 is 23.3 Å². The fourth-order valence-electron chi connectivity index (χ4n) is 1.53. The van der Waals surface area contributed by atoms with E-state index in [9.17, 15) is 4.79 Å². The Morgan fingerprint density at radius 1 is 1.28 bits per heavy atom. The van der Waals surface area contributed by atoms with E-state index in [0.29, 0.717) is 12.1 Å². The maximum absolute atomic E-state index is 11.9. The number of anilines is 1. The molecular weight excluding hydrogens is 250 g/mol. The van der Waals surface area contributed by atoms with Crippen LogP contribution in [0, 0.1) is 0 Å². The molecule has 0 aliphatic carbocycles. The van der Waals surface area contributed by atoms with Gasteiger partial charge in [0.2, 0.25) is 0 Å². The van der Waals surface area contributed by atoms with Crippen molar-refractivity contribution in [3.8, 4) is 0 Å². The molecule has 92 valence electrons. The highest BCUT2D eigenvalue weighted by atomic mass is 35.5. The molecule has 0 unspecified atom stereocenters. The molecule has 0 aliphatic heterocycles. The zero-order valence-electron chi connectivity index (χ0n) is 9.56. The molecular formula is C13H12ClN3O. The van der Waals surface area contributed by atoms with Gasteiger partial charge in [-0.2, -0.15) is 0 Å². The van der Waals surface area contributed by atoms with Crippen LogP contribution < -0.4 is 11.1 Å². The van der Waals surface area contributed by atoms with E-state index < -0.39 is 0 Å². The minimum absolute atomic E-state index is 0.208. The largest absolute Gasteiger partial charge is 0.384 e. The van der Waals surface area contributed by atoms with Crippen molar-refractivity contribution < 1.29 is 4.79 Å². The summed E-state index contributed by atoms with van der Waals surface area (Å²) in [5.74, 6) is 0.00205. The summed E-state index contributed by atoms with van der Waals surface area (Å²) >= 11 is 5.74. The molecule has 4 nitrogen and oxygen atoms in total. The van der Waals surface area contributed by atoms with Crippen LogP contribution in [0.25, 0.3) is 0 Å². The predicted molar refractivity (Wildman–Crippen MR) is 71.3 cm³/mol. The molecule has 18 heavy (non-hydrogen) atoms. The smallest absolute Gasteiger partial charge is 0.251 e. The minimum Gasteiger partial charge on any atom is -0.384 e. The molecule has 0 spiro atoms. The fraction of sp³-hybridized carbons (Fsp3) is 0.0769. The van der Waals surface area contributed by atoms with Crippen molar-refractivity contribution in [3.63, 3.8) is 0 Å². The number of nitrogens with one attached hydrogen (secondary N) is 1. The van der Waals surface area contributed by atoms with Crippen molar-refractivity contribution in [1.29, 1.82) is 0 Å². The lowest BCUT2D eigenvalue weighted by Crippen LogP contribution is -2.23. The van der Waals surface area contributed by atoms with Crippen LogP contribution in [-0.4, -0.2) is 10.9 Å². The van der Waals surface area contributed by atoms with E-state index in [4.69, 9.17) is 17.3 Å². The second kappa shape index (κ2) is 5.51. The molecule has 1 heterocycles. The van der Waals surface area contributed by atoms with Crippen molar-refractivity contribution in [2.24, 2.45) is 0 Å². The molecule has 0 saturated carbocycles. The monoisotopic (exact) mass is 261 g/mol. The van der Waals surface area contributed by atoms with E-state index in [1.165, 1.54) is 12.1 Å². The first kappa shape index (κ1) is 12.4. The molecule has 0 aliphatic rings. The topological polar surface area (TPSA) is 68.0 Å². The Balaban J connectivity index is 2.04. The number of amides is 1. The van der Waals surface area contributed by atoms with Crippen LogP contribution in [0.5, 0.6) is 0 Å². The second-order valence-corrected chi connectivity index (χ2v) is 4.16. The molecule has 2 rings (SSSR count). The summed E-state index contributed by atoms with van der Waals surface area (Å²) in [5, 5.41) is 3.00. The highest BCUT2D eigenvalue weighted by molar-refractivity contribution is 6.29. The molecule has 1 aromatic heterocycles. The number of nitrogen functional groups attached to an aromatic ring is 1. The van der Waals surface area contributed by atoms with Gasteiger partial charge in [-0.3, -0.25) is 4.79 Å². The van der Waals surface area contributed by atoms with Crippen LogP contribution in [0.2, 0.25) is 5.15 Å². The van der Waals surface area contributed by atoms with Crippen LogP contribution in [0.15, 0.2) is 42.5 Å². The predicted octanol–water partition coefficient (Wildman–Crippen LogP) is 2.25. The van der Waals surface area contributed by atoms with Gasteiger partial charge < -0.3 is 11.1 Å². The van der Waals surface area contributed by atoms with E-state index in [1.54, 1.807) is 0 Å². The van der Waals surface area contributed by atoms with Gasteiger partial charge in [0.1, 0.15) is 11.0 Å². The van der Waals surface area contributed by atoms with Gasteiger partial charge in [-0.1, -0.05) is 41.9 Å². The van der Waals surface area contributed by atoms with E-state index in [2.05, 4.69) is 10.3 Å². The minimum atomic E-state index is -0.227. The van der Waals surface area contributed by atoms with Gasteiger partial charge in [-0.05, 0) is 17.7 Å². The number of nitrogens with two attached hydrogens (primary N) is 1. The fourth-order valence-corrected chi connectivity index (χ4v) is 1.74. The quantitative estimate of drug-likeness (QED) is 0.833. The highest BCUT2D eigenvalue weighted by Gasteiger charge is 2.07.